The number of H-pyrrole nitrogens is 1. The molecule has 0 fully saturated rings. The van der Waals surface area contributed by atoms with E-state index < -0.39 is 0 Å². The fourth-order valence-corrected chi connectivity index (χ4v) is 2.56. The summed E-state index contributed by atoms with van der Waals surface area (Å²) in [6.07, 6.45) is 3.62. The summed E-state index contributed by atoms with van der Waals surface area (Å²) in [4.78, 5) is 7.62. The van der Waals surface area contributed by atoms with E-state index in [1.165, 1.54) is 5.39 Å². The Morgan fingerprint density at radius 2 is 2.00 bits per heavy atom. The highest BCUT2D eigenvalue weighted by molar-refractivity contribution is 5.96. The maximum absolute atomic E-state index is 4.62. The smallest absolute Gasteiger partial charge is 0.153 e. The topological polar surface area (TPSA) is 46.0 Å². The molecule has 1 N–H and O–H groups in total. The van der Waals surface area contributed by atoms with Gasteiger partial charge >= 0.3 is 0 Å². The first-order chi connectivity index (χ1) is 9.33. The molecule has 0 spiro atoms. The van der Waals surface area contributed by atoms with Gasteiger partial charge in [-0.05, 0) is 25.1 Å². The predicted molar refractivity (Wildman–Crippen MR) is 75.0 cm³/mol. The van der Waals surface area contributed by atoms with Gasteiger partial charge in [0.05, 0.1) is 5.69 Å². The van der Waals surface area contributed by atoms with Gasteiger partial charge in [0.1, 0.15) is 0 Å². The second kappa shape index (κ2) is 3.68. The van der Waals surface area contributed by atoms with Crippen LogP contribution in [-0.2, 0) is 0 Å². The predicted octanol–water partition coefficient (Wildman–Crippen LogP) is 3.19. The van der Waals surface area contributed by atoms with E-state index in [2.05, 4.69) is 40.2 Å². The lowest BCUT2D eigenvalue weighted by Gasteiger charge is -2.02. The SMILES string of the molecule is Cc1[nH]c2ccccc2c1-c1ccc2nccn2n1. The number of para-hydroxylation sites is 1. The standard InChI is InChI=1S/C15H12N4/c1-10-15(11-4-2-3-5-12(11)17-10)13-6-7-14-16-8-9-19(14)18-13/h2-9,17H,1H3. The molecule has 4 nitrogen and oxygen atoms in total. The van der Waals surface area contributed by atoms with Gasteiger partial charge in [-0.25, -0.2) is 9.50 Å². The number of aryl methyl sites for hydroxylation is 1. The van der Waals surface area contributed by atoms with E-state index in [0.29, 0.717) is 0 Å². The van der Waals surface area contributed by atoms with E-state index in [-0.39, 0.29) is 0 Å². The van der Waals surface area contributed by atoms with Gasteiger partial charge in [0.2, 0.25) is 0 Å². The molecule has 0 atom stereocenters. The molecule has 0 amide bonds. The summed E-state index contributed by atoms with van der Waals surface area (Å²) in [6.45, 7) is 2.08. The molecule has 4 heteroatoms. The van der Waals surface area contributed by atoms with Crippen molar-refractivity contribution in [2.24, 2.45) is 0 Å². The molecule has 19 heavy (non-hydrogen) atoms. The molecule has 0 unspecified atom stereocenters. The second-order valence-corrected chi connectivity index (χ2v) is 4.62. The molecule has 0 aliphatic carbocycles. The fraction of sp³-hybridized carbons (Fsp3) is 0.0667. The number of rotatable bonds is 1. The summed E-state index contributed by atoms with van der Waals surface area (Å²) < 4.78 is 1.80. The lowest BCUT2D eigenvalue weighted by molar-refractivity contribution is 0.942. The Labute approximate surface area is 109 Å². The minimum atomic E-state index is 0.862. The number of nitrogens with one attached hydrogen (secondary N) is 1. The van der Waals surface area contributed by atoms with Gasteiger partial charge < -0.3 is 4.98 Å². The molecule has 92 valence electrons. The first-order valence-corrected chi connectivity index (χ1v) is 6.21. The largest absolute Gasteiger partial charge is 0.358 e. The van der Waals surface area contributed by atoms with Crippen LogP contribution in [0, 0.1) is 6.92 Å². The third-order valence-electron chi connectivity index (χ3n) is 3.40. The maximum Gasteiger partial charge on any atom is 0.153 e. The molecule has 4 aromatic rings. The summed E-state index contributed by atoms with van der Waals surface area (Å²) in [6, 6.07) is 12.3. The molecule has 0 aliphatic rings. The number of imidazole rings is 1. The van der Waals surface area contributed by atoms with E-state index in [1.807, 2.05) is 24.4 Å². The molecule has 4 rings (SSSR count). The summed E-state index contributed by atoms with van der Waals surface area (Å²) in [5.41, 5.74) is 5.25. The Morgan fingerprint density at radius 1 is 1.11 bits per heavy atom. The molecule has 0 aliphatic heterocycles. The molecule has 3 heterocycles. The van der Waals surface area contributed by atoms with Gasteiger partial charge in [-0.3, -0.25) is 0 Å². The van der Waals surface area contributed by atoms with Crippen LogP contribution in [-0.4, -0.2) is 19.6 Å². The average molecular weight is 248 g/mol. The van der Waals surface area contributed by atoms with Gasteiger partial charge in [0.25, 0.3) is 0 Å². The fourth-order valence-electron chi connectivity index (χ4n) is 2.56. The van der Waals surface area contributed by atoms with Crippen molar-refractivity contribution >= 4 is 16.6 Å². The molecule has 0 saturated heterocycles. The Balaban J connectivity index is 2.05. The van der Waals surface area contributed by atoms with E-state index in [4.69, 9.17) is 0 Å². The Morgan fingerprint density at radius 3 is 2.95 bits per heavy atom. The molecule has 0 bridgehead atoms. The number of fused-ring (bicyclic) bond motifs is 2. The van der Waals surface area contributed by atoms with E-state index in [1.54, 1.807) is 10.7 Å². The van der Waals surface area contributed by atoms with Crippen molar-refractivity contribution in [3.05, 3.63) is 54.5 Å². The molecular weight excluding hydrogens is 236 g/mol. The second-order valence-electron chi connectivity index (χ2n) is 4.62. The van der Waals surface area contributed by atoms with Gasteiger partial charge in [-0.15, -0.1) is 0 Å². The van der Waals surface area contributed by atoms with Gasteiger partial charge in [-0.1, -0.05) is 18.2 Å². The lowest BCUT2D eigenvalue weighted by atomic mass is 10.1. The van der Waals surface area contributed by atoms with Crippen LogP contribution in [0.25, 0.3) is 27.8 Å². The van der Waals surface area contributed by atoms with Crippen molar-refractivity contribution in [3.8, 4) is 11.3 Å². The summed E-state index contributed by atoms with van der Waals surface area (Å²) in [5.74, 6) is 0. The van der Waals surface area contributed by atoms with E-state index in [9.17, 15) is 0 Å². The van der Waals surface area contributed by atoms with Crippen molar-refractivity contribution in [2.45, 2.75) is 6.92 Å². The monoisotopic (exact) mass is 248 g/mol. The normalized spacial score (nSPS) is 11.4. The summed E-state index contributed by atoms with van der Waals surface area (Å²) in [7, 11) is 0. The Hall–Kier alpha value is -2.62. The van der Waals surface area contributed by atoms with Crippen molar-refractivity contribution in [1.29, 1.82) is 0 Å². The van der Waals surface area contributed by atoms with Crippen LogP contribution in [0.2, 0.25) is 0 Å². The van der Waals surface area contributed by atoms with Crippen LogP contribution < -0.4 is 0 Å². The van der Waals surface area contributed by atoms with Gasteiger partial charge in [0.15, 0.2) is 5.65 Å². The minimum absolute atomic E-state index is 0.862. The highest BCUT2D eigenvalue weighted by Crippen LogP contribution is 2.30. The highest BCUT2D eigenvalue weighted by Gasteiger charge is 2.11. The molecule has 3 aromatic heterocycles. The van der Waals surface area contributed by atoms with Crippen molar-refractivity contribution in [3.63, 3.8) is 0 Å². The van der Waals surface area contributed by atoms with E-state index >= 15 is 0 Å². The number of benzene rings is 1. The number of hydrogen-bond acceptors (Lipinski definition) is 2. The molecule has 0 radical (unpaired) electrons. The van der Waals surface area contributed by atoms with Crippen molar-refractivity contribution in [2.75, 3.05) is 0 Å². The summed E-state index contributed by atoms with van der Waals surface area (Å²) >= 11 is 0. The maximum atomic E-state index is 4.62. The zero-order valence-electron chi connectivity index (χ0n) is 10.5. The number of aromatic amines is 1. The number of aromatic nitrogens is 4. The number of hydrogen-bond donors (Lipinski definition) is 1. The van der Waals surface area contributed by atoms with Crippen LogP contribution in [0.3, 0.4) is 0 Å². The first-order valence-electron chi connectivity index (χ1n) is 6.21. The van der Waals surface area contributed by atoms with Crippen LogP contribution in [0.5, 0.6) is 0 Å². The van der Waals surface area contributed by atoms with Crippen molar-refractivity contribution < 1.29 is 0 Å². The van der Waals surface area contributed by atoms with Crippen LogP contribution >= 0.6 is 0 Å². The first kappa shape index (κ1) is 10.3. The Kier molecular flexibility index (Phi) is 2.00. The molecule has 0 saturated carbocycles. The Bertz CT molecular complexity index is 885. The summed E-state index contributed by atoms with van der Waals surface area (Å²) in [5, 5.41) is 5.82. The van der Waals surface area contributed by atoms with Crippen LogP contribution in [0.1, 0.15) is 5.69 Å². The van der Waals surface area contributed by atoms with Crippen molar-refractivity contribution in [1.82, 2.24) is 19.6 Å². The third kappa shape index (κ3) is 1.46. The lowest BCUT2D eigenvalue weighted by Crippen LogP contribution is -1.93. The van der Waals surface area contributed by atoms with E-state index in [0.717, 1.165) is 28.1 Å². The van der Waals surface area contributed by atoms with Gasteiger partial charge in [-0.2, -0.15) is 5.10 Å². The average Bonchev–Trinajstić information content (AvgIpc) is 3.00. The molecular formula is C15H12N4. The van der Waals surface area contributed by atoms with Gasteiger partial charge in [0, 0.05) is 34.6 Å². The highest BCUT2D eigenvalue weighted by atomic mass is 15.2. The zero-order chi connectivity index (χ0) is 12.8. The van der Waals surface area contributed by atoms with Crippen LogP contribution in [0.15, 0.2) is 48.8 Å². The minimum Gasteiger partial charge on any atom is -0.358 e. The molecule has 1 aromatic carbocycles. The quantitative estimate of drug-likeness (QED) is 0.562. The number of nitrogens with zero attached hydrogens (tertiary/aromatic N) is 3. The van der Waals surface area contributed by atoms with Crippen LogP contribution in [0.4, 0.5) is 0 Å². The zero-order valence-corrected chi connectivity index (χ0v) is 10.5. The third-order valence-corrected chi connectivity index (χ3v) is 3.40.